The van der Waals surface area contributed by atoms with E-state index in [-0.39, 0.29) is 17.2 Å². The Labute approximate surface area is 129 Å². The fourth-order valence-corrected chi connectivity index (χ4v) is 1.88. The Morgan fingerprint density at radius 2 is 2.00 bits per heavy atom. The first-order chi connectivity index (χ1) is 10.5. The van der Waals surface area contributed by atoms with E-state index in [1.165, 1.54) is 29.2 Å². The molecule has 0 saturated carbocycles. The minimum absolute atomic E-state index is 0.00136. The first-order valence-electron chi connectivity index (χ1n) is 6.86. The molecule has 1 aromatic rings. The van der Waals surface area contributed by atoms with Crippen LogP contribution in [0.4, 0.5) is 5.69 Å². The van der Waals surface area contributed by atoms with Crippen molar-refractivity contribution in [3.05, 3.63) is 57.7 Å². The van der Waals surface area contributed by atoms with Crippen LogP contribution in [-0.4, -0.2) is 28.8 Å². The van der Waals surface area contributed by atoms with E-state index in [0.717, 1.165) is 0 Å². The van der Waals surface area contributed by atoms with Crippen LogP contribution in [0.3, 0.4) is 0 Å². The Morgan fingerprint density at radius 1 is 1.36 bits per heavy atom. The summed E-state index contributed by atoms with van der Waals surface area (Å²) in [5, 5.41) is 20.0. The molecule has 0 aliphatic carbocycles. The number of nitro groups is 1. The number of allylic oxidation sites excluding steroid dienone is 2. The second-order valence-electron chi connectivity index (χ2n) is 4.34. The van der Waals surface area contributed by atoms with Crippen LogP contribution in [0.1, 0.15) is 19.4 Å². The van der Waals surface area contributed by atoms with E-state index >= 15 is 0 Å². The van der Waals surface area contributed by atoms with Gasteiger partial charge in [0.05, 0.1) is 10.5 Å². The molecule has 0 radical (unpaired) electrons. The van der Waals surface area contributed by atoms with Gasteiger partial charge in [0, 0.05) is 19.2 Å². The van der Waals surface area contributed by atoms with Crippen LogP contribution < -0.4 is 0 Å². The maximum absolute atomic E-state index is 12.0. The molecule has 0 spiro atoms. The molecule has 0 aliphatic heterocycles. The summed E-state index contributed by atoms with van der Waals surface area (Å²) in [5.41, 5.74) is 0.385. The van der Waals surface area contributed by atoms with Gasteiger partial charge in [0.25, 0.3) is 11.6 Å². The van der Waals surface area contributed by atoms with E-state index in [9.17, 15) is 14.9 Å². The third-order valence-electron chi connectivity index (χ3n) is 3.07. The quantitative estimate of drug-likeness (QED) is 0.266. The molecule has 114 valence electrons. The number of nitrogens with zero attached hydrogens (tertiary/aromatic N) is 3. The van der Waals surface area contributed by atoms with Crippen molar-refractivity contribution in [1.82, 2.24) is 4.90 Å². The number of likely N-dealkylation sites (N-methyl/N-ethyl adjacent to an activating group) is 1. The van der Waals surface area contributed by atoms with Gasteiger partial charge in [0.15, 0.2) is 0 Å². The summed E-state index contributed by atoms with van der Waals surface area (Å²) in [7, 11) is 0. The van der Waals surface area contributed by atoms with Gasteiger partial charge < -0.3 is 4.90 Å². The van der Waals surface area contributed by atoms with Gasteiger partial charge in [-0.25, -0.2) is 0 Å². The number of nitro benzene ring substituents is 1. The molecule has 1 rings (SSSR count). The first kappa shape index (κ1) is 17.1. The molecule has 6 nitrogen and oxygen atoms in total. The number of benzene rings is 1. The normalized spacial score (nSPS) is 11.2. The fourth-order valence-electron chi connectivity index (χ4n) is 1.88. The second kappa shape index (κ2) is 8.37. The summed E-state index contributed by atoms with van der Waals surface area (Å²) >= 11 is 0. The van der Waals surface area contributed by atoms with Crippen molar-refractivity contribution in [3.63, 3.8) is 0 Å². The number of rotatable bonds is 6. The summed E-state index contributed by atoms with van der Waals surface area (Å²) in [6.45, 7) is 4.70. The SMILES string of the molecule is CCN(CC)C(=O)/C(C#N)=C/C=C/c1ccccc1[N+](=O)[O-]. The Balaban J connectivity index is 3.01. The van der Waals surface area contributed by atoms with Gasteiger partial charge in [-0.15, -0.1) is 0 Å². The zero-order valence-corrected chi connectivity index (χ0v) is 12.5. The van der Waals surface area contributed by atoms with Crippen LogP contribution in [0, 0.1) is 21.4 Å². The molecular weight excluding hydrogens is 282 g/mol. The Kier molecular flexibility index (Phi) is 6.51. The molecule has 0 bridgehead atoms. The molecule has 22 heavy (non-hydrogen) atoms. The predicted octanol–water partition coefficient (Wildman–Crippen LogP) is 2.93. The number of nitriles is 1. The van der Waals surface area contributed by atoms with E-state index in [2.05, 4.69) is 0 Å². The molecule has 0 aliphatic rings. The van der Waals surface area contributed by atoms with E-state index < -0.39 is 4.92 Å². The van der Waals surface area contributed by atoms with Crippen LogP contribution in [0.25, 0.3) is 6.08 Å². The summed E-state index contributed by atoms with van der Waals surface area (Å²) in [6, 6.07) is 8.12. The highest BCUT2D eigenvalue weighted by Crippen LogP contribution is 2.19. The highest BCUT2D eigenvalue weighted by atomic mass is 16.6. The number of para-hydroxylation sites is 1. The minimum atomic E-state index is -0.477. The zero-order valence-electron chi connectivity index (χ0n) is 12.5. The van der Waals surface area contributed by atoms with E-state index in [4.69, 9.17) is 5.26 Å². The average Bonchev–Trinajstić information content (AvgIpc) is 2.52. The Hall–Kier alpha value is -2.94. The molecule has 0 unspecified atom stereocenters. The molecule has 0 fully saturated rings. The lowest BCUT2D eigenvalue weighted by atomic mass is 10.1. The number of hydrogen-bond donors (Lipinski definition) is 0. The number of carbonyl (C=O) groups is 1. The molecule has 1 aromatic carbocycles. The molecule has 1 amide bonds. The summed E-state index contributed by atoms with van der Waals surface area (Å²) in [6.07, 6.45) is 4.35. The lowest BCUT2D eigenvalue weighted by molar-refractivity contribution is -0.385. The molecular formula is C16H17N3O3. The van der Waals surface area contributed by atoms with E-state index in [1.807, 2.05) is 19.9 Å². The highest BCUT2D eigenvalue weighted by Gasteiger charge is 2.14. The lowest BCUT2D eigenvalue weighted by Gasteiger charge is -2.17. The lowest BCUT2D eigenvalue weighted by Crippen LogP contribution is -2.31. The molecule has 0 N–H and O–H groups in total. The van der Waals surface area contributed by atoms with Crippen LogP contribution in [0.5, 0.6) is 0 Å². The molecule has 0 heterocycles. The van der Waals surface area contributed by atoms with E-state index in [0.29, 0.717) is 18.7 Å². The van der Waals surface area contributed by atoms with Gasteiger partial charge in [0.1, 0.15) is 11.6 Å². The number of amides is 1. The zero-order chi connectivity index (χ0) is 16.5. The summed E-state index contributed by atoms with van der Waals surface area (Å²) in [5.74, 6) is -0.347. The average molecular weight is 299 g/mol. The van der Waals surface area contributed by atoms with E-state index in [1.54, 1.807) is 18.2 Å². The Morgan fingerprint density at radius 3 is 2.55 bits per heavy atom. The van der Waals surface area contributed by atoms with Crippen molar-refractivity contribution >= 4 is 17.7 Å². The standard InChI is InChI=1S/C16H17N3O3/c1-3-18(4-2)16(20)14(12-17)10-7-9-13-8-5-6-11-15(13)19(21)22/h5-11H,3-4H2,1-2H3/b9-7+,14-10+. The van der Waals surface area contributed by atoms with Gasteiger partial charge in [-0.05, 0) is 32.1 Å². The van der Waals surface area contributed by atoms with Gasteiger partial charge in [0.2, 0.25) is 0 Å². The third kappa shape index (κ3) is 4.28. The first-order valence-corrected chi connectivity index (χ1v) is 6.86. The summed E-state index contributed by atoms with van der Waals surface area (Å²) < 4.78 is 0. The molecule has 6 heteroatoms. The van der Waals surface area contributed by atoms with Crippen molar-refractivity contribution in [3.8, 4) is 6.07 Å². The van der Waals surface area contributed by atoms with Gasteiger partial charge in [-0.2, -0.15) is 5.26 Å². The molecule has 0 aromatic heterocycles. The summed E-state index contributed by atoms with van der Waals surface area (Å²) in [4.78, 5) is 24.0. The van der Waals surface area contributed by atoms with Crippen LogP contribution in [0.2, 0.25) is 0 Å². The van der Waals surface area contributed by atoms with Crippen molar-refractivity contribution in [2.75, 3.05) is 13.1 Å². The monoisotopic (exact) mass is 299 g/mol. The van der Waals surface area contributed by atoms with Crippen LogP contribution in [0.15, 0.2) is 42.0 Å². The van der Waals surface area contributed by atoms with Crippen LogP contribution >= 0.6 is 0 Å². The predicted molar refractivity (Wildman–Crippen MR) is 83.8 cm³/mol. The fraction of sp³-hybridized carbons (Fsp3) is 0.250. The van der Waals surface area contributed by atoms with Crippen molar-refractivity contribution in [2.24, 2.45) is 0 Å². The van der Waals surface area contributed by atoms with Gasteiger partial charge >= 0.3 is 0 Å². The number of hydrogen-bond acceptors (Lipinski definition) is 4. The highest BCUT2D eigenvalue weighted by molar-refractivity contribution is 5.97. The number of carbonyl (C=O) groups excluding carboxylic acids is 1. The Bertz CT molecular complexity index is 653. The van der Waals surface area contributed by atoms with Crippen LogP contribution in [-0.2, 0) is 4.79 Å². The van der Waals surface area contributed by atoms with Gasteiger partial charge in [-0.3, -0.25) is 14.9 Å². The van der Waals surface area contributed by atoms with Gasteiger partial charge in [-0.1, -0.05) is 18.2 Å². The van der Waals surface area contributed by atoms with Crippen molar-refractivity contribution in [2.45, 2.75) is 13.8 Å². The topological polar surface area (TPSA) is 87.2 Å². The second-order valence-corrected chi connectivity index (χ2v) is 4.34. The molecule has 0 saturated heterocycles. The largest absolute Gasteiger partial charge is 0.339 e. The van der Waals surface area contributed by atoms with Crippen molar-refractivity contribution < 1.29 is 9.72 Å². The maximum Gasteiger partial charge on any atom is 0.276 e. The van der Waals surface area contributed by atoms with Crippen molar-refractivity contribution in [1.29, 1.82) is 5.26 Å². The smallest absolute Gasteiger partial charge is 0.276 e. The minimum Gasteiger partial charge on any atom is -0.339 e. The molecule has 0 atom stereocenters. The third-order valence-corrected chi connectivity index (χ3v) is 3.07. The maximum atomic E-state index is 12.0.